The fraction of sp³-hybridized carbons (Fsp3) is 0.0909. The van der Waals surface area contributed by atoms with Crippen LogP contribution in [0.4, 0.5) is 5.69 Å². The summed E-state index contributed by atoms with van der Waals surface area (Å²) in [4.78, 5) is 18.2. The molecular formula is C22H18N2OS2. The SMILES string of the molecule is CSc1ccc(C(=O)Nc2ccc(-c3nc4ccc(C)cc4s3)cc2)cc1. The highest BCUT2D eigenvalue weighted by molar-refractivity contribution is 7.98. The molecule has 4 rings (SSSR count). The molecule has 0 atom stereocenters. The van der Waals surface area contributed by atoms with Crippen LogP contribution in [-0.2, 0) is 0 Å². The van der Waals surface area contributed by atoms with Gasteiger partial charge in [0.1, 0.15) is 5.01 Å². The Morgan fingerprint density at radius 1 is 1.00 bits per heavy atom. The molecule has 1 aromatic heterocycles. The molecule has 134 valence electrons. The Labute approximate surface area is 166 Å². The molecule has 1 heterocycles. The number of aromatic nitrogens is 1. The molecule has 1 N–H and O–H groups in total. The minimum absolute atomic E-state index is 0.106. The average molecular weight is 391 g/mol. The first kappa shape index (κ1) is 17.8. The van der Waals surface area contributed by atoms with E-state index in [2.05, 4.69) is 30.4 Å². The van der Waals surface area contributed by atoms with Crippen LogP contribution in [0.1, 0.15) is 15.9 Å². The molecule has 4 aromatic rings. The Hall–Kier alpha value is -2.63. The van der Waals surface area contributed by atoms with Crippen molar-refractivity contribution in [2.24, 2.45) is 0 Å². The third-order valence-corrected chi connectivity index (χ3v) is 6.10. The van der Waals surface area contributed by atoms with Gasteiger partial charge in [-0.3, -0.25) is 4.79 Å². The summed E-state index contributed by atoms with van der Waals surface area (Å²) in [5, 5.41) is 3.93. The zero-order valence-electron chi connectivity index (χ0n) is 15.0. The maximum absolute atomic E-state index is 12.4. The Balaban J connectivity index is 1.51. The lowest BCUT2D eigenvalue weighted by atomic mass is 10.2. The zero-order valence-corrected chi connectivity index (χ0v) is 16.7. The number of anilines is 1. The van der Waals surface area contributed by atoms with Gasteiger partial charge in [0.2, 0.25) is 0 Å². The van der Waals surface area contributed by atoms with Crippen molar-refractivity contribution in [3.63, 3.8) is 0 Å². The third kappa shape index (κ3) is 3.89. The number of nitrogens with zero attached hydrogens (tertiary/aromatic N) is 1. The number of thioether (sulfide) groups is 1. The number of carbonyl (C=O) groups is 1. The van der Waals surface area contributed by atoms with Crippen molar-refractivity contribution in [2.75, 3.05) is 11.6 Å². The number of aryl methyl sites for hydroxylation is 1. The second-order valence-electron chi connectivity index (χ2n) is 6.25. The van der Waals surface area contributed by atoms with Gasteiger partial charge in [-0.15, -0.1) is 23.1 Å². The predicted octanol–water partition coefficient (Wildman–Crippen LogP) is 6.25. The van der Waals surface area contributed by atoms with Gasteiger partial charge in [0.05, 0.1) is 10.2 Å². The number of hydrogen-bond acceptors (Lipinski definition) is 4. The lowest BCUT2D eigenvalue weighted by Gasteiger charge is -2.06. The molecule has 3 nitrogen and oxygen atoms in total. The molecule has 0 aliphatic heterocycles. The van der Waals surface area contributed by atoms with E-state index in [1.165, 1.54) is 10.3 Å². The number of hydrogen-bond donors (Lipinski definition) is 1. The van der Waals surface area contributed by atoms with E-state index in [0.29, 0.717) is 5.56 Å². The largest absolute Gasteiger partial charge is 0.322 e. The lowest BCUT2D eigenvalue weighted by molar-refractivity contribution is 0.102. The number of rotatable bonds is 4. The minimum Gasteiger partial charge on any atom is -0.322 e. The van der Waals surface area contributed by atoms with Gasteiger partial charge in [-0.1, -0.05) is 6.07 Å². The highest BCUT2D eigenvalue weighted by Crippen LogP contribution is 2.31. The van der Waals surface area contributed by atoms with Crippen LogP contribution in [0.15, 0.2) is 71.6 Å². The average Bonchev–Trinajstić information content (AvgIpc) is 3.11. The lowest BCUT2D eigenvalue weighted by Crippen LogP contribution is -2.11. The van der Waals surface area contributed by atoms with Crippen LogP contribution in [0, 0.1) is 6.92 Å². The number of thiazole rings is 1. The van der Waals surface area contributed by atoms with E-state index in [9.17, 15) is 4.79 Å². The summed E-state index contributed by atoms with van der Waals surface area (Å²) in [6.45, 7) is 2.09. The number of nitrogens with one attached hydrogen (secondary N) is 1. The van der Waals surface area contributed by atoms with E-state index < -0.39 is 0 Å². The second kappa shape index (κ2) is 7.55. The van der Waals surface area contributed by atoms with Gasteiger partial charge in [-0.25, -0.2) is 4.98 Å². The van der Waals surface area contributed by atoms with Crippen molar-refractivity contribution in [3.8, 4) is 10.6 Å². The highest BCUT2D eigenvalue weighted by Gasteiger charge is 2.09. The Morgan fingerprint density at radius 3 is 2.44 bits per heavy atom. The van der Waals surface area contributed by atoms with Crippen LogP contribution in [0.2, 0.25) is 0 Å². The van der Waals surface area contributed by atoms with Crippen molar-refractivity contribution in [1.29, 1.82) is 0 Å². The monoisotopic (exact) mass is 390 g/mol. The van der Waals surface area contributed by atoms with E-state index in [-0.39, 0.29) is 5.91 Å². The molecule has 3 aromatic carbocycles. The molecule has 0 bridgehead atoms. The topological polar surface area (TPSA) is 42.0 Å². The summed E-state index contributed by atoms with van der Waals surface area (Å²) in [5.74, 6) is -0.106. The standard InChI is InChI=1S/C22H18N2OS2/c1-14-3-12-19-20(13-14)27-22(24-19)16-4-8-17(9-5-16)23-21(25)15-6-10-18(26-2)11-7-15/h3-13H,1-2H3,(H,23,25). The molecule has 0 radical (unpaired) electrons. The van der Waals surface area contributed by atoms with Crippen LogP contribution in [0.3, 0.4) is 0 Å². The quantitative estimate of drug-likeness (QED) is 0.419. The van der Waals surface area contributed by atoms with Crippen molar-refractivity contribution in [2.45, 2.75) is 11.8 Å². The summed E-state index contributed by atoms with van der Waals surface area (Å²) < 4.78 is 1.19. The van der Waals surface area contributed by atoms with Crippen LogP contribution in [-0.4, -0.2) is 17.1 Å². The summed E-state index contributed by atoms with van der Waals surface area (Å²) in [7, 11) is 0. The summed E-state index contributed by atoms with van der Waals surface area (Å²) in [6, 6.07) is 21.7. The van der Waals surface area contributed by atoms with E-state index in [0.717, 1.165) is 26.7 Å². The first-order valence-electron chi connectivity index (χ1n) is 8.55. The van der Waals surface area contributed by atoms with Crippen molar-refractivity contribution >= 4 is 44.9 Å². The number of benzene rings is 3. The Kier molecular flexibility index (Phi) is 4.97. The van der Waals surface area contributed by atoms with Gasteiger partial charge < -0.3 is 5.32 Å². The Morgan fingerprint density at radius 2 is 1.74 bits per heavy atom. The first-order chi connectivity index (χ1) is 13.1. The fourth-order valence-electron chi connectivity index (χ4n) is 2.80. The maximum atomic E-state index is 12.4. The molecule has 27 heavy (non-hydrogen) atoms. The highest BCUT2D eigenvalue weighted by atomic mass is 32.2. The van der Waals surface area contributed by atoms with Gasteiger partial charge in [-0.2, -0.15) is 0 Å². The normalized spacial score (nSPS) is 10.9. The molecule has 1 amide bonds. The molecular weight excluding hydrogens is 372 g/mol. The smallest absolute Gasteiger partial charge is 0.255 e. The number of amides is 1. The molecule has 0 saturated carbocycles. The first-order valence-corrected chi connectivity index (χ1v) is 10.6. The second-order valence-corrected chi connectivity index (χ2v) is 8.16. The van der Waals surface area contributed by atoms with E-state index in [4.69, 9.17) is 4.98 Å². The maximum Gasteiger partial charge on any atom is 0.255 e. The Bertz CT molecular complexity index is 1100. The van der Waals surface area contributed by atoms with Crippen LogP contribution >= 0.6 is 23.1 Å². The van der Waals surface area contributed by atoms with Crippen molar-refractivity contribution < 1.29 is 4.79 Å². The number of carbonyl (C=O) groups excluding carboxylic acids is 1. The van der Waals surface area contributed by atoms with Crippen molar-refractivity contribution in [1.82, 2.24) is 4.98 Å². The van der Waals surface area contributed by atoms with Gasteiger partial charge in [-0.05, 0) is 79.4 Å². The van der Waals surface area contributed by atoms with E-state index in [1.807, 2.05) is 54.8 Å². The molecule has 0 fully saturated rings. The third-order valence-electron chi connectivity index (χ3n) is 4.29. The predicted molar refractivity (Wildman–Crippen MR) is 116 cm³/mol. The summed E-state index contributed by atoms with van der Waals surface area (Å²) in [6.07, 6.45) is 2.02. The molecule has 0 saturated heterocycles. The van der Waals surface area contributed by atoms with Crippen LogP contribution in [0.5, 0.6) is 0 Å². The van der Waals surface area contributed by atoms with Gasteiger partial charge in [0.25, 0.3) is 5.91 Å². The fourth-order valence-corrected chi connectivity index (χ4v) is 4.27. The van der Waals surface area contributed by atoms with Crippen molar-refractivity contribution in [3.05, 3.63) is 77.9 Å². The van der Waals surface area contributed by atoms with Gasteiger partial charge >= 0.3 is 0 Å². The zero-order chi connectivity index (χ0) is 18.8. The molecule has 0 aliphatic rings. The van der Waals surface area contributed by atoms with E-state index in [1.54, 1.807) is 23.1 Å². The molecule has 0 spiro atoms. The van der Waals surface area contributed by atoms with Gasteiger partial charge in [0, 0.05) is 21.7 Å². The molecule has 5 heteroatoms. The van der Waals surface area contributed by atoms with E-state index >= 15 is 0 Å². The van der Waals surface area contributed by atoms with Crippen LogP contribution in [0.25, 0.3) is 20.8 Å². The summed E-state index contributed by atoms with van der Waals surface area (Å²) in [5.41, 5.74) is 4.73. The van der Waals surface area contributed by atoms with Crippen LogP contribution < -0.4 is 5.32 Å². The number of fused-ring (bicyclic) bond motifs is 1. The molecule has 0 unspecified atom stereocenters. The molecule has 0 aliphatic carbocycles. The van der Waals surface area contributed by atoms with Gasteiger partial charge in [0.15, 0.2) is 0 Å². The minimum atomic E-state index is -0.106. The summed E-state index contributed by atoms with van der Waals surface area (Å²) >= 11 is 3.34.